The Morgan fingerprint density at radius 3 is 2.35 bits per heavy atom. The molecule has 1 aromatic rings. The number of hydrogen-bond donors (Lipinski definition) is 0. The van der Waals surface area contributed by atoms with Crippen LogP contribution in [0.3, 0.4) is 0 Å². The van der Waals surface area contributed by atoms with Crippen molar-refractivity contribution in [3.05, 3.63) is 48.0 Å². The fourth-order valence-electron chi connectivity index (χ4n) is 2.59. The van der Waals surface area contributed by atoms with E-state index in [1.165, 1.54) is 44.1 Å². The van der Waals surface area contributed by atoms with Crippen molar-refractivity contribution < 1.29 is 0 Å². The Bertz CT molecular complexity index is 373. The summed E-state index contributed by atoms with van der Waals surface area (Å²) in [6.45, 7) is 9.81. The first-order valence-corrected chi connectivity index (χ1v) is 11.8. The summed E-state index contributed by atoms with van der Waals surface area (Å²) < 4.78 is 0. The zero-order chi connectivity index (χ0) is 14.8. The summed E-state index contributed by atoms with van der Waals surface area (Å²) in [5.74, 6) is 0. The standard InChI is InChI=1S/C19H32Si/c1-5-6-8-16-19(20(2,3)4)17-12-11-15-18-13-9-7-10-14-18/h7,9-10,12-14,17,19H,5-6,8,11,15-16H2,1-4H3/b17-12+. The molecule has 0 bridgehead atoms. The van der Waals surface area contributed by atoms with Gasteiger partial charge >= 0.3 is 0 Å². The zero-order valence-electron chi connectivity index (χ0n) is 13.9. The van der Waals surface area contributed by atoms with Gasteiger partial charge in [0, 0.05) is 0 Å². The van der Waals surface area contributed by atoms with Crippen LogP contribution in [0.15, 0.2) is 42.5 Å². The van der Waals surface area contributed by atoms with Crippen molar-refractivity contribution in [2.45, 2.75) is 70.6 Å². The number of unbranched alkanes of at least 4 members (excludes halogenated alkanes) is 2. The maximum absolute atomic E-state index is 2.53. The van der Waals surface area contributed by atoms with E-state index in [-0.39, 0.29) is 0 Å². The maximum atomic E-state index is 2.53. The van der Waals surface area contributed by atoms with E-state index >= 15 is 0 Å². The van der Waals surface area contributed by atoms with Gasteiger partial charge in [-0.25, -0.2) is 0 Å². The predicted molar refractivity (Wildman–Crippen MR) is 95.1 cm³/mol. The normalized spacial score (nSPS) is 13.8. The molecule has 0 aromatic heterocycles. The molecule has 20 heavy (non-hydrogen) atoms. The van der Waals surface area contributed by atoms with Crippen LogP contribution in [0.5, 0.6) is 0 Å². The SMILES string of the molecule is CCCCCC(/C=C/CCc1ccccc1)[Si](C)(C)C. The molecule has 1 unspecified atom stereocenters. The molecule has 0 N–H and O–H groups in total. The molecular weight excluding hydrogens is 256 g/mol. The van der Waals surface area contributed by atoms with Gasteiger partial charge in [-0.05, 0) is 30.4 Å². The minimum atomic E-state index is -1.05. The molecule has 0 fully saturated rings. The van der Waals surface area contributed by atoms with E-state index in [1.807, 2.05) is 0 Å². The summed E-state index contributed by atoms with van der Waals surface area (Å²) in [6.07, 6.45) is 12.8. The summed E-state index contributed by atoms with van der Waals surface area (Å²) in [5, 5.41) is 0. The quantitative estimate of drug-likeness (QED) is 0.278. The second kappa shape index (κ2) is 9.18. The fraction of sp³-hybridized carbons (Fsp3) is 0.579. The molecule has 0 nitrogen and oxygen atoms in total. The Balaban J connectivity index is 2.41. The molecular formula is C19H32Si. The van der Waals surface area contributed by atoms with Crippen LogP contribution in [0.2, 0.25) is 25.2 Å². The first-order chi connectivity index (χ1) is 9.54. The average molecular weight is 289 g/mol. The van der Waals surface area contributed by atoms with Gasteiger partial charge in [0.2, 0.25) is 0 Å². The Morgan fingerprint density at radius 2 is 1.75 bits per heavy atom. The summed E-state index contributed by atoms with van der Waals surface area (Å²) in [4.78, 5) is 0. The van der Waals surface area contributed by atoms with Crippen LogP contribution < -0.4 is 0 Å². The van der Waals surface area contributed by atoms with Crippen molar-refractivity contribution in [1.29, 1.82) is 0 Å². The van der Waals surface area contributed by atoms with Crippen LogP contribution in [0, 0.1) is 0 Å². The number of allylic oxidation sites excluding steroid dienone is 2. The van der Waals surface area contributed by atoms with Gasteiger partial charge in [-0.3, -0.25) is 0 Å². The average Bonchev–Trinajstić information content (AvgIpc) is 2.41. The largest absolute Gasteiger partial charge is 0.0882 e. The minimum absolute atomic E-state index is 0.852. The number of aryl methyl sites for hydroxylation is 1. The van der Waals surface area contributed by atoms with Crippen LogP contribution in [0.1, 0.15) is 44.6 Å². The maximum Gasteiger partial charge on any atom is 0.0513 e. The molecule has 1 heteroatoms. The highest BCUT2D eigenvalue weighted by Gasteiger charge is 2.23. The highest BCUT2D eigenvalue weighted by Crippen LogP contribution is 2.29. The van der Waals surface area contributed by atoms with Gasteiger partial charge in [-0.15, -0.1) is 0 Å². The lowest BCUT2D eigenvalue weighted by atomic mass is 10.1. The van der Waals surface area contributed by atoms with E-state index < -0.39 is 8.07 Å². The van der Waals surface area contributed by atoms with Crippen molar-refractivity contribution in [2.75, 3.05) is 0 Å². The van der Waals surface area contributed by atoms with Gasteiger partial charge in [0.15, 0.2) is 0 Å². The Kier molecular flexibility index (Phi) is 7.90. The Labute approximate surface area is 127 Å². The van der Waals surface area contributed by atoms with E-state index in [0.717, 1.165) is 5.54 Å². The van der Waals surface area contributed by atoms with Crippen molar-refractivity contribution in [2.24, 2.45) is 0 Å². The monoisotopic (exact) mass is 288 g/mol. The lowest BCUT2D eigenvalue weighted by Crippen LogP contribution is -2.26. The molecule has 0 saturated carbocycles. The highest BCUT2D eigenvalue weighted by molar-refractivity contribution is 6.78. The molecule has 0 heterocycles. The lowest BCUT2D eigenvalue weighted by Gasteiger charge is -2.26. The van der Waals surface area contributed by atoms with E-state index in [9.17, 15) is 0 Å². The van der Waals surface area contributed by atoms with Gasteiger partial charge in [0.05, 0.1) is 8.07 Å². The van der Waals surface area contributed by atoms with Gasteiger partial charge in [0.25, 0.3) is 0 Å². The van der Waals surface area contributed by atoms with E-state index in [2.05, 4.69) is 69.0 Å². The molecule has 0 aliphatic heterocycles. The van der Waals surface area contributed by atoms with Crippen molar-refractivity contribution in [1.82, 2.24) is 0 Å². The van der Waals surface area contributed by atoms with Gasteiger partial charge in [-0.1, -0.05) is 88.3 Å². The van der Waals surface area contributed by atoms with Crippen molar-refractivity contribution in [3.8, 4) is 0 Å². The highest BCUT2D eigenvalue weighted by atomic mass is 28.3. The number of rotatable bonds is 9. The van der Waals surface area contributed by atoms with Gasteiger partial charge in [-0.2, -0.15) is 0 Å². The fourth-order valence-corrected chi connectivity index (χ4v) is 4.37. The molecule has 0 saturated heterocycles. The number of hydrogen-bond acceptors (Lipinski definition) is 0. The smallest absolute Gasteiger partial charge is 0.0513 e. The van der Waals surface area contributed by atoms with Crippen LogP contribution in [-0.2, 0) is 6.42 Å². The van der Waals surface area contributed by atoms with Crippen molar-refractivity contribution >= 4 is 8.07 Å². The first kappa shape index (κ1) is 17.2. The van der Waals surface area contributed by atoms with Crippen LogP contribution in [0.4, 0.5) is 0 Å². The van der Waals surface area contributed by atoms with Crippen LogP contribution >= 0.6 is 0 Å². The third-order valence-corrected chi connectivity index (χ3v) is 6.75. The molecule has 1 rings (SSSR count). The minimum Gasteiger partial charge on any atom is -0.0882 e. The first-order valence-electron chi connectivity index (χ1n) is 8.24. The van der Waals surface area contributed by atoms with E-state index in [1.54, 1.807) is 0 Å². The molecule has 0 spiro atoms. The molecule has 0 radical (unpaired) electrons. The summed E-state index contributed by atoms with van der Waals surface area (Å²) in [5.41, 5.74) is 2.30. The summed E-state index contributed by atoms with van der Waals surface area (Å²) in [7, 11) is -1.05. The topological polar surface area (TPSA) is 0 Å². The molecule has 112 valence electrons. The van der Waals surface area contributed by atoms with Crippen molar-refractivity contribution in [3.63, 3.8) is 0 Å². The second-order valence-electron chi connectivity index (χ2n) is 6.92. The number of benzene rings is 1. The second-order valence-corrected chi connectivity index (χ2v) is 12.4. The molecule has 1 atom stereocenters. The summed E-state index contributed by atoms with van der Waals surface area (Å²) >= 11 is 0. The summed E-state index contributed by atoms with van der Waals surface area (Å²) in [6, 6.07) is 10.8. The van der Waals surface area contributed by atoms with Crippen LogP contribution in [0.25, 0.3) is 0 Å². The third kappa shape index (κ3) is 7.09. The predicted octanol–water partition coefficient (Wildman–Crippen LogP) is 6.46. The lowest BCUT2D eigenvalue weighted by molar-refractivity contribution is 0.665. The zero-order valence-corrected chi connectivity index (χ0v) is 14.9. The van der Waals surface area contributed by atoms with E-state index in [0.29, 0.717) is 0 Å². The molecule has 1 aromatic carbocycles. The Morgan fingerprint density at radius 1 is 1.05 bits per heavy atom. The van der Waals surface area contributed by atoms with Crippen LogP contribution in [-0.4, -0.2) is 8.07 Å². The molecule has 0 aliphatic rings. The van der Waals surface area contributed by atoms with Gasteiger partial charge in [0.1, 0.15) is 0 Å². The molecule has 0 amide bonds. The Hall–Kier alpha value is -0.823. The van der Waals surface area contributed by atoms with Gasteiger partial charge < -0.3 is 0 Å². The van der Waals surface area contributed by atoms with E-state index in [4.69, 9.17) is 0 Å². The third-order valence-electron chi connectivity index (χ3n) is 4.04. The molecule has 0 aliphatic carbocycles.